The van der Waals surface area contributed by atoms with Gasteiger partial charge in [-0.15, -0.1) is 0 Å². The summed E-state index contributed by atoms with van der Waals surface area (Å²) in [5, 5.41) is 6.74. The lowest BCUT2D eigenvalue weighted by Crippen LogP contribution is -2.48. The van der Waals surface area contributed by atoms with Gasteiger partial charge < -0.3 is 0 Å². The van der Waals surface area contributed by atoms with Gasteiger partial charge in [0.25, 0.3) is 11.5 Å². The van der Waals surface area contributed by atoms with Gasteiger partial charge in [-0.2, -0.15) is 9.40 Å². The summed E-state index contributed by atoms with van der Waals surface area (Å²) in [4.78, 5) is 37.2. The second-order valence-electron chi connectivity index (χ2n) is 7.88. The molecule has 3 aromatic rings. The molecule has 1 aliphatic heterocycles. The molecule has 2 heterocycles. The van der Waals surface area contributed by atoms with E-state index in [2.05, 4.69) is 21.0 Å². The number of nitrogens with one attached hydrogen (secondary N) is 3. The molecule has 0 spiro atoms. The van der Waals surface area contributed by atoms with Gasteiger partial charge >= 0.3 is 0 Å². The standard InChI is InChI=1S/C22H23N5O5S/c1-14-6-8-16(9-7-14)33(31,32)27-12-10-15(11-13-27)20(28)24-26-22(30)19-17-4-2-3-5-18(17)21(29)25-23-19/h2-9,15H,10-13H2,1H3,(H,24,28)(H,25,29)(H,26,30). The second-order valence-corrected chi connectivity index (χ2v) is 9.82. The fourth-order valence-corrected chi connectivity index (χ4v) is 5.25. The fourth-order valence-electron chi connectivity index (χ4n) is 3.79. The van der Waals surface area contributed by atoms with Crippen molar-refractivity contribution in [1.29, 1.82) is 0 Å². The molecular weight excluding hydrogens is 446 g/mol. The van der Waals surface area contributed by atoms with Crippen LogP contribution in [0.3, 0.4) is 0 Å². The van der Waals surface area contributed by atoms with Gasteiger partial charge in [0.2, 0.25) is 15.9 Å². The van der Waals surface area contributed by atoms with Crippen molar-refractivity contribution in [3.8, 4) is 0 Å². The second kappa shape index (κ2) is 9.12. The smallest absolute Gasteiger partial charge is 0.273 e. The van der Waals surface area contributed by atoms with Gasteiger partial charge in [-0.05, 0) is 38.0 Å². The van der Waals surface area contributed by atoms with Gasteiger partial charge in [-0.25, -0.2) is 13.5 Å². The summed E-state index contributed by atoms with van der Waals surface area (Å²) in [5.74, 6) is -1.53. The SMILES string of the molecule is Cc1ccc(S(=O)(=O)N2CCC(C(=O)NNC(=O)c3n[nH]c(=O)c4ccccc34)CC2)cc1. The highest BCUT2D eigenvalue weighted by Crippen LogP contribution is 2.24. The summed E-state index contributed by atoms with van der Waals surface area (Å²) in [6.07, 6.45) is 0.652. The van der Waals surface area contributed by atoms with E-state index in [1.54, 1.807) is 48.5 Å². The number of carbonyl (C=O) groups is 2. The van der Waals surface area contributed by atoms with Crippen LogP contribution in [-0.4, -0.2) is 47.8 Å². The molecule has 0 radical (unpaired) electrons. The van der Waals surface area contributed by atoms with Gasteiger partial charge in [-0.1, -0.05) is 35.9 Å². The van der Waals surface area contributed by atoms with E-state index in [1.165, 1.54) is 4.31 Å². The third-order valence-electron chi connectivity index (χ3n) is 5.69. The fraction of sp³-hybridized carbons (Fsp3) is 0.273. The van der Waals surface area contributed by atoms with Crippen LogP contribution in [0, 0.1) is 12.8 Å². The topological polar surface area (TPSA) is 141 Å². The van der Waals surface area contributed by atoms with Crippen LogP contribution in [0.25, 0.3) is 10.8 Å². The van der Waals surface area contributed by atoms with E-state index in [9.17, 15) is 22.8 Å². The van der Waals surface area contributed by atoms with E-state index >= 15 is 0 Å². The first-order chi connectivity index (χ1) is 15.8. The maximum absolute atomic E-state index is 12.8. The molecule has 3 N–H and O–H groups in total. The number of H-pyrrole nitrogens is 1. The minimum Gasteiger partial charge on any atom is -0.273 e. The van der Waals surface area contributed by atoms with Crippen LogP contribution < -0.4 is 16.4 Å². The molecule has 1 aliphatic rings. The van der Waals surface area contributed by atoms with Crippen molar-refractivity contribution in [2.24, 2.45) is 5.92 Å². The van der Waals surface area contributed by atoms with Crippen molar-refractivity contribution < 1.29 is 18.0 Å². The molecule has 0 aliphatic carbocycles. The Labute approximate surface area is 190 Å². The molecule has 2 amide bonds. The Balaban J connectivity index is 1.35. The van der Waals surface area contributed by atoms with Crippen LogP contribution >= 0.6 is 0 Å². The number of aromatic nitrogens is 2. The third kappa shape index (κ3) is 4.64. The average Bonchev–Trinajstić information content (AvgIpc) is 2.83. The number of fused-ring (bicyclic) bond motifs is 1. The van der Waals surface area contributed by atoms with Crippen molar-refractivity contribution in [2.45, 2.75) is 24.7 Å². The number of piperidine rings is 1. The van der Waals surface area contributed by atoms with Gasteiger partial charge in [0.15, 0.2) is 5.69 Å². The Bertz CT molecular complexity index is 1360. The number of benzene rings is 2. The zero-order valence-corrected chi connectivity index (χ0v) is 18.7. The minimum absolute atomic E-state index is 0.0236. The number of aromatic amines is 1. The first-order valence-electron chi connectivity index (χ1n) is 10.4. The van der Waals surface area contributed by atoms with E-state index in [4.69, 9.17) is 0 Å². The largest absolute Gasteiger partial charge is 0.290 e. The van der Waals surface area contributed by atoms with Crippen molar-refractivity contribution >= 4 is 32.6 Å². The number of hydrazine groups is 1. The van der Waals surface area contributed by atoms with Gasteiger partial charge in [-0.3, -0.25) is 25.2 Å². The predicted octanol–water partition coefficient (Wildman–Crippen LogP) is 1.09. The Morgan fingerprint density at radius 2 is 1.64 bits per heavy atom. The molecule has 33 heavy (non-hydrogen) atoms. The van der Waals surface area contributed by atoms with E-state index in [0.717, 1.165) is 5.56 Å². The summed E-state index contributed by atoms with van der Waals surface area (Å²) in [7, 11) is -3.62. The van der Waals surface area contributed by atoms with Crippen molar-refractivity contribution in [2.75, 3.05) is 13.1 Å². The lowest BCUT2D eigenvalue weighted by Gasteiger charge is -2.30. The summed E-state index contributed by atoms with van der Waals surface area (Å²) in [6.45, 7) is 2.29. The number of hydrogen-bond acceptors (Lipinski definition) is 6. The van der Waals surface area contributed by atoms with Gasteiger partial charge in [0, 0.05) is 24.4 Å². The number of rotatable bonds is 4. The number of amides is 2. The number of nitrogens with zero attached hydrogens (tertiary/aromatic N) is 2. The Morgan fingerprint density at radius 3 is 2.30 bits per heavy atom. The Hall–Kier alpha value is -3.57. The Morgan fingerprint density at radius 1 is 1.00 bits per heavy atom. The van der Waals surface area contributed by atoms with Gasteiger partial charge in [0.1, 0.15) is 0 Å². The first kappa shape index (κ1) is 22.6. The van der Waals surface area contributed by atoms with Crippen LogP contribution in [0.4, 0.5) is 0 Å². The lowest BCUT2D eigenvalue weighted by molar-refractivity contribution is -0.126. The molecule has 172 valence electrons. The number of sulfonamides is 1. The molecule has 0 saturated carbocycles. The molecule has 4 rings (SSSR count). The molecular formula is C22H23N5O5S. The monoisotopic (exact) mass is 469 g/mol. The quantitative estimate of drug-likeness (QED) is 0.489. The predicted molar refractivity (Wildman–Crippen MR) is 121 cm³/mol. The first-order valence-corrected chi connectivity index (χ1v) is 11.9. The van der Waals surface area contributed by atoms with E-state index in [1.807, 2.05) is 6.92 Å². The highest BCUT2D eigenvalue weighted by molar-refractivity contribution is 7.89. The number of aryl methyl sites for hydroxylation is 1. The maximum atomic E-state index is 12.8. The normalized spacial score (nSPS) is 15.3. The summed E-state index contributed by atoms with van der Waals surface area (Å²) >= 11 is 0. The average molecular weight is 470 g/mol. The van der Waals surface area contributed by atoms with E-state index in [-0.39, 0.29) is 23.7 Å². The van der Waals surface area contributed by atoms with E-state index < -0.39 is 33.3 Å². The molecule has 2 aromatic carbocycles. The molecule has 11 heteroatoms. The summed E-state index contributed by atoms with van der Waals surface area (Å²) in [5.41, 5.74) is 5.24. The molecule has 1 saturated heterocycles. The molecule has 10 nitrogen and oxygen atoms in total. The summed E-state index contributed by atoms with van der Waals surface area (Å²) < 4.78 is 27.0. The van der Waals surface area contributed by atoms with Crippen molar-refractivity contribution in [1.82, 2.24) is 25.4 Å². The zero-order chi connectivity index (χ0) is 23.6. The van der Waals surface area contributed by atoms with Crippen LogP contribution in [0.5, 0.6) is 0 Å². The van der Waals surface area contributed by atoms with E-state index in [0.29, 0.717) is 23.6 Å². The lowest BCUT2D eigenvalue weighted by atomic mass is 9.98. The van der Waals surface area contributed by atoms with Gasteiger partial charge in [0.05, 0.1) is 10.3 Å². The molecule has 0 unspecified atom stereocenters. The van der Waals surface area contributed by atoms with Crippen molar-refractivity contribution in [3.63, 3.8) is 0 Å². The Kier molecular flexibility index (Phi) is 6.25. The highest BCUT2D eigenvalue weighted by Gasteiger charge is 2.32. The van der Waals surface area contributed by atoms with Crippen LogP contribution in [0.15, 0.2) is 58.2 Å². The number of carbonyl (C=O) groups excluding carboxylic acids is 2. The highest BCUT2D eigenvalue weighted by atomic mass is 32.2. The molecule has 1 fully saturated rings. The summed E-state index contributed by atoms with van der Waals surface area (Å²) in [6, 6.07) is 13.2. The van der Waals surface area contributed by atoms with Crippen molar-refractivity contribution in [3.05, 3.63) is 70.1 Å². The minimum atomic E-state index is -3.62. The third-order valence-corrected chi connectivity index (χ3v) is 7.61. The molecule has 1 aromatic heterocycles. The molecule has 0 bridgehead atoms. The van der Waals surface area contributed by atoms with Crippen LogP contribution in [0.1, 0.15) is 28.9 Å². The van der Waals surface area contributed by atoms with Crippen LogP contribution in [0.2, 0.25) is 0 Å². The zero-order valence-electron chi connectivity index (χ0n) is 17.9. The molecule has 0 atom stereocenters. The number of hydrogen-bond donors (Lipinski definition) is 3. The maximum Gasteiger partial charge on any atom is 0.290 e. The van der Waals surface area contributed by atoms with Crippen LogP contribution in [-0.2, 0) is 14.8 Å².